The first kappa shape index (κ1) is 12.6. The summed E-state index contributed by atoms with van der Waals surface area (Å²) in [4.78, 5) is 0. The maximum atomic E-state index is 6.08. The first-order valence-electron chi connectivity index (χ1n) is 4.98. The molecule has 0 aromatic heterocycles. The highest BCUT2D eigenvalue weighted by molar-refractivity contribution is 6.33. The normalized spacial score (nSPS) is 10.3. The Hall–Kier alpha value is -0.890. The summed E-state index contributed by atoms with van der Waals surface area (Å²) >= 11 is 17.9. The molecule has 0 radical (unpaired) electrons. The van der Waals surface area contributed by atoms with E-state index in [4.69, 9.17) is 39.5 Å². The number of para-hydroxylation sites is 2. The Morgan fingerprint density at radius 3 is 2.29 bits per heavy atom. The Morgan fingerprint density at radius 1 is 0.882 bits per heavy atom. The average Bonchev–Trinajstić information content (AvgIpc) is 2.34. The van der Waals surface area contributed by atoms with E-state index in [1.54, 1.807) is 18.2 Å². The monoisotopic (exact) mass is 286 g/mol. The Labute approximate surface area is 115 Å². The van der Waals surface area contributed by atoms with Gasteiger partial charge in [-0.25, -0.2) is 0 Å². The molecule has 4 heteroatoms. The highest BCUT2D eigenvalue weighted by atomic mass is 35.5. The van der Waals surface area contributed by atoms with Gasteiger partial charge in [-0.2, -0.15) is 0 Å². The van der Waals surface area contributed by atoms with Crippen LogP contribution in [0.3, 0.4) is 0 Å². The molecule has 0 fully saturated rings. The molecular weight excluding hydrogens is 279 g/mol. The molecule has 0 heterocycles. The molecule has 2 aromatic rings. The van der Waals surface area contributed by atoms with E-state index in [0.29, 0.717) is 27.4 Å². The minimum Gasteiger partial charge on any atom is -0.454 e. The number of halogens is 3. The minimum atomic E-state index is 0.334. The van der Waals surface area contributed by atoms with E-state index in [-0.39, 0.29) is 0 Å². The van der Waals surface area contributed by atoms with Crippen LogP contribution in [-0.2, 0) is 5.88 Å². The van der Waals surface area contributed by atoms with Gasteiger partial charge in [-0.3, -0.25) is 0 Å². The van der Waals surface area contributed by atoms with Gasteiger partial charge in [0.25, 0.3) is 0 Å². The average molecular weight is 288 g/mol. The number of benzene rings is 2. The molecule has 0 aliphatic rings. The van der Waals surface area contributed by atoms with Gasteiger partial charge in [-0.15, -0.1) is 11.6 Å². The standard InChI is InChI=1S/C13H9Cl3O/c14-8-9-4-3-6-11(16)13(9)17-12-7-2-1-5-10(12)15/h1-7H,8H2. The lowest BCUT2D eigenvalue weighted by Crippen LogP contribution is -1.91. The summed E-state index contributed by atoms with van der Waals surface area (Å²) in [7, 11) is 0. The van der Waals surface area contributed by atoms with E-state index in [1.165, 1.54) is 0 Å². The minimum absolute atomic E-state index is 0.334. The van der Waals surface area contributed by atoms with Crippen molar-refractivity contribution in [2.45, 2.75) is 5.88 Å². The SMILES string of the molecule is ClCc1cccc(Cl)c1Oc1ccccc1Cl. The zero-order valence-electron chi connectivity index (χ0n) is 8.79. The van der Waals surface area contributed by atoms with Crippen molar-refractivity contribution in [3.05, 3.63) is 58.1 Å². The largest absolute Gasteiger partial charge is 0.454 e. The lowest BCUT2D eigenvalue weighted by atomic mass is 10.2. The van der Waals surface area contributed by atoms with E-state index >= 15 is 0 Å². The molecule has 0 aliphatic heterocycles. The summed E-state index contributed by atoms with van der Waals surface area (Å²) in [6.45, 7) is 0. The molecule has 88 valence electrons. The van der Waals surface area contributed by atoms with Crippen LogP contribution in [0.25, 0.3) is 0 Å². The molecular formula is C13H9Cl3O. The number of hydrogen-bond acceptors (Lipinski definition) is 1. The Bertz CT molecular complexity index is 526. The summed E-state index contributed by atoms with van der Waals surface area (Å²) in [5, 5.41) is 1.05. The quantitative estimate of drug-likeness (QED) is 0.675. The summed E-state index contributed by atoms with van der Waals surface area (Å²) in [6.07, 6.45) is 0. The molecule has 1 nitrogen and oxygen atoms in total. The molecule has 0 spiro atoms. The fraction of sp³-hybridized carbons (Fsp3) is 0.0769. The van der Waals surface area contributed by atoms with Gasteiger partial charge in [-0.1, -0.05) is 47.5 Å². The molecule has 17 heavy (non-hydrogen) atoms. The van der Waals surface area contributed by atoms with E-state index < -0.39 is 0 Å². The predicted molar refractivity (Wildman–Crippen MR) is 72.5 cm³/mol. The lowest BCUT2D eigenvalue weighted by molar-refractivity contribution is 0.479. The Kier molecular flexibility index (Phi) is 4.16. The van der Waals surface area contributed by atoms with Gasteiger partial charge in [0.1, 0.15) is 11.5 Å². The number of ether oxygens (including phenoxy) is 1. The van der Waals surface area contributed by atoms with Crippen molar-refractivity contribution in [3.63, 3.8) is 0 Å². The van der Waals surface area contributed by atoms with Crippen LogP contribution in [0, 0.1) is 0 Å². The summed E-state index contributed by atoms with van der Waals surface area (Å²) in [5.41, 5.74) is 0.832. The third-order valence-electron chi connectivity index (χ3n) is 2.24. The first-order valence-corrected chi connectivity index (χ1v) is 6.27. The molecule has 2 rings (SSSR count). The number of rotatable bonds is 3. The van der Waals surface area contributed by atoms with Crippen LogP contribution >= 0.6 is 34.8 Å². The maximum Gasteiger partial charge on any atom is 0.150 e. The van der Waals surface area contributed by atoms with Gasteiger partial charge >= 0.3 is 0 Å². The number of hydrogen-bond donors (Lipinski definition) is 0. The zero-order chi connectivity index (χ0) is 12.3. The highest BCUT2D eigenvalue weighted by Crippen LogP contribution is 2.36. The van der Waals surface area contributed by atoms with Crippen molar-refractivity contribution in [2.75, 3.05) is 0 Å². The Balaban J connectivity index is 2.39. The summed E-state index contributed by atoms with van der Waals surface area (Å²) < 4.78 is 5.71. The third kappa shape index (κ3) is 2.86. The molecule has 0 saturated heterocycles. The molecule has 0 aliphatic carbocycles. The molecule has 0 amide bonds. The predicted octanol–water partition coefficient (Wildman–Crippen LogP) is 5.52. The highest BCUT2D eigenvalue weighted by Gasteiger charge is 2.10. The molecule has 0 bridgehead atoms. The van der Waals surface area contributed by atoms with Crippen LogP contribution in [0.4, 0.5) is 0 Å². The summed E-state index contributed by atoms with van der Waals surface area (Å²) in [6, 6.07) is 12.7. The topological polar surface area (TPSA) is 9.23 Å². The molecule has 0 unspecified atom stereocenters. The smallest absolute Gasteiger partial charge is 0.150 e. The fourth-order valence-corrected chi connectivity index (χ4v) is 2.03. The van der Waals surface area contributed by atoms with Crippen molar-refractivity contribution in [1.29, 1.82) is 0 Å². The van der Waals surface area contributed by atoms with Crippen molar-refractivity contribution in [3.8, 4) is 11.5 Å². The molecule has 0 saturated carbocycles. The second-order valence-electron chi connectivity index (χ2n) is 3.39. The van der Waals surface area contributed by atoms with Gasteiger partial charge in [0.05, 0.1) is 15.9 Å². The zero-order valence-corrected chi connectivity index (χ0v) is 11.1. The van der Waals surface area contributed by atoms with E-state index in [0.717, 1.165) is 5.56 Å². The van der Waals surface area contributed by atoms with Crippen LogP contribution in [0.1, 0.15) is 5.56 Å². The van der Waals surface area contributed by atoms with Gasteiger partial charge < -0.3 is 4.74 Å². The second-order valence-corrected chi connectivity index (χ2v) is 4.48. The van der Waals surface area contributed by atoms with Crippen molar-refractivity contribution >= 4 is 34.8 Å². The summed E-state index contributed by atoms with van der Waals surface area (Å²) in [5.74, 6) is 1.45. The van der Waals surface area contributed by atoms with Gasteiger partial charge in [-0.05, 0) is 18.2 Å². The number of alkyl halides is 1. The molecule has 0 N–H and O–H groups in total. The first-order chi connectivity index (χ1) is 8.22. The second kappa shape index (κ2) is 5.63. The van der Waals surface area contributed by atoms with Crippen molar-refractivity contribution < 1.29 is 4.74 Å². The van der Waals surface area contributed by atoms with Crippen LogP contribution in [0.2, 0.25) is 10.0 Å². The van der Waals surface area contributed by atoms with Crippen LogP contribution in [0.5, 0.6) is 11.5 Å². The Morgan fingerprint density at radius 2 is 1.59 bits per heavy atom. The van der Waals surface area contributed by atoms with Gasteiger partial charge in [0.2, 0.25) is 0 Å². The van der Waals surface area contributed by atoms with Gasteiger partial charge in [0.15, 0.2) is 0 Å². The van der Waals surface area contributed by atoms with Crippen LogP contribution < -0.4 is 4.74 Å². The van der Waals surface area contributed by atoms with Crippen molar-refractivity contribution in [1.82, 2.24) is 0 Å². The molecule has 2 aromatic carbocycles. The fourth-order valence-electron chi connectivity index (χ4n) is 1.41. The van der Waals surface area contributed by atoms with E-state index in [1.807, 2.05) is 24.3 Å². The van der Waals surface area contributed by atoms with Crippen LogP contribution in [0.15, 0.2) is 42.5 Å². The van der Waals surface area contributed by atoms with E-state index in [9.17, 15) is 0 Å². The van der Waals surface area contributed by atoms with Crippen molar-refractivity contribution in [2.24, 2.45) is 0 Å². The molecule has 0 atom stereocenters. The van der Waals surface area contributed by atoms with E-state index in [2.05, 4.69) is 0 Å². The maximum absolute atomic E-state index is 6.08. The van der Waals surface area contributed by atoms with Gasteiger partial charge in [0, 0.05) is 5.56 Å². The third-order valence-corrected chi connectivity index (χ3v) is 3.14. The lowest BCUT2D eigenvalue weighted by Gasteiger charge is -2.12. The van der Waals surface area contributed by atoms with Crippen LogP contribution in [-0.4, -0.2) is 0 Å².